The van der Waals surface area contributed by atoms with Crippen molar-refractivity contribution in [2.45, 2.75) is 19.2 Å². The maximum absolute atomic E-state index is 11.0. The third kappa shape index (κ3) is 3.97. The zero-order valence-electron chi connectivity index (χ0n) is 8.94. The van der Waals surface area contributed by atoms with E-state index >= 15 is 0 Å². The van der Waals surface area contributed by atoms with Crippen LogP contribution in [0.2, 0.25) is 0 Å². The van der Waals surface area contributed by atoms with Gasteiger partial charge in [0.05, 0.1) is 0 Å². The smallest absolute Gasteiger partial charge is 0.348 e. The maximum atomic E-state index is 11.0. The van der Waals surface area contributed by atoms with Gasteiger partial charge in [-0.25, -0.2) is 0 Å². The van der Waals surface area contributed by atoms with Crippen LogP contribution in [0.25, 0.3) is 0 Å². The second-order valence-corrected chi connectivity index (χ2v) is 6.91. The Hall–Kier alpha value is -0.230. The molecule has 0 aromatic rings. The third-order valence-corrected chi connectivity index (χ3v) is 5.55. The van der Waals surface area contributed by atoms with Crippen LogP contribution in [0.5, 0.6) is 0 Å². The minimum atomic E-state index is -5.06. The Kier molecular flexibility index (Phi) is 5.32. The highest BCUT2D eigenvalue weighted by Crippen LogP contribution is 2.60. The molecule has 8 nitrogen and oxygen atoms in total. The Morgan fingerprint density at radius 3 is 1.62 bits per heavy atom. The predicted molar refractivity (Wildman–Crippen MR) is 58.5 cm³/mol. The van der Waals surface area contributed by atoms with Gasteiger partial charge in [0.1, 0.15) is 5.84 Å². The molecule has 0 aliphatic carbocycles. The molecule has 96 valence electrons. The molecule has 0 aliphatic rings. The van der Waals surface area contributed by atoms with Crippen molar-refractivity contribution in [2.24, 2.45) is 0 Å². The lowest BCUT2D eigenvalue weighted by Crippen LogP contribution is -2.38. The zero-order chi connectivity index (χ0) is 13.1. The predicted octanol–water partition coefficient (Wildman–Crippen LogP) is -0.0130. The summed E-state index contributed by atoms with van der Waals surface area (Å²) < 4.78 is 22.0. The minimum absolute atomic E-state index is 0.242. The molecular weight excluding hydrogens is 258 g/mol. The SMILES string of the molecule is CCN(CC)C(=N)C(P(=O)(O)O)P(=O)(O)O. The van der Waals surface area contributed by atoms with Gasteiger partial charge in [-0.05, 0) is 13.8 Å². The fourth-order valence-electron chi connectivity index (χ4n) is 1.24. The van der Waals surface area contributed by atoms with E-state index in [2.05, 4.69) is 0 Å². The van der Waals surface area contributed by atoms with Crippen molar-refractivity contribution >= 4 is 21.0 Å². The molecule has 0 amide bonds. The van der Waals surface area contributed by atoms with Crippen molar-refractivity contribution < 1.29 is 28.7 Å². The van der Waals surface area contributed by atoms with Crippen LogP contribution in [-0.2, 0) is 9.13 Å². The Balaban J connectivity index is 5.32. The van der Waals surface area contributed by atoms with Crippen LogP contribution in [0.4, 0.5) is 0 Å². The Bertz CT molecular complexity index is 321. The van der Waals surface area contributed by atoms with E-state index in [0.29, 0.717) is 0 Å². The van der Waals surface area contributed by atoms with Gasteiger partial charge < -0.3 is 24.5 Å². The molecule has 0 bridgehead atoms. The van der Waals surface area contributed by atoms with E-state index in [0.717, 1.165) is 0 Å². The summed E-state index contributed by atoms with van der Waals surface area (Å²) in [5.41, 5.74) is 0. The summed E-state index contributed by atoms with van der Waals surface area (Å²) in [6, 6.07) is 0. The summed E-state index contributed by atoms with van der Waals surface area (Å²) in [4.78, 5) is 36.7. The number of hydrogen-bond donors (Lipinski definition) is 5. The van der Waals surface area contributed by atoms with Crippen LogP contribution in [0.15, 0.2) is 0 Å². The largest absolute Gasteiger partial charge is 0.360 e. The van der Waals surface area contributed by atoms with Gasteiger partial charge in [0.25, 0.3) is 0 Å². The number of nitrogens with zero attached hydrogens (tertiary/aromatic N) is 1. The summed E-state index contributed by atoms with van der Waals surface area (Å²) in [7, 11) is -10.1. The molecule has 0 aromatic carbocycles. The zero-order valence-corrected chi connectivity index (χ0v) is 10.7. The van der Waals surface area contributed by atoms with E-state index in [-0.39, 0.29) is 13.1 Å². The lowest BCUT2D eigenvalue weighted by Gasteiger charge is -2.28. The fourth-order valence-corrected chi connectivity index (χ4v) is 3.77. The fraction of sp³-hybridized carbons (Fsp3) is 0.833. The summed E-state index contributed by atoms with van der Waals surface area (Å²) in [5, 5.41) is 5.08. The second-order valence-electron chi connectivity index (χ2n) is 3.11. The van der Waals surface area contributed by atoms with Gasteiger partial charge >= 0.3 is 15.2 Å². The molecule has 0 saturated heterocycles. The number of hydrogen-bond acceptors (Lipinski definition) is 3. The minimum Gasteiger partial charge on any atom is -0.360 e. The molecule has 0 heterocycles. The van der Waals surface area contributed by atoms with E-state index in [1.54, 1.807) is 13.8 Å². The molecule has 10 heteroatoms. The van der Waals surface area contributed by atoms with Gasteiger partial charge in [0, 0.05) is 13.1 Å². The molecular formula is C6H16N2O6P2. The third-order valence-electron chi connectivity index (χ3n) is 1.99. The monoisotopic (exact) mass is 274 g/mol. The standard InChI is InChI=1S/C6H16N2O6P2/c1-3-8(4-2)5(7)6(15(9,10)11)16(12,13)14/h6-7H,3-4H2,1-2H3,(H2,9,10,11)(H2,12,13,14). The normalized spacial score (nSPS) is 12.9. The van der Waals surface area contributed by atoms with Gasteiger partial charge in [-0.3, -0.25) is 14.5 Å². The van der Waals surface area contributed by atoms with Gasteiger partial charge in [-0.1, -0.05) is 0 Å². The first-order valence-electron chi connectivity index (χ1n) is 4.49. The highest BCUT2D eigenvalue weighted by Gasteiger charge is 2.48. The molecule has 16 heavy (non-hydrogen) atoms. The lowest BCUT2D eigenvalue weighted by molar-refractivity contribution is 0.343. The van der Waals surface area contributed by atoms with E-state index < -0.39 is 26.4 Å². The maximum Gasteiger partial charge on any atom is 0.348 e. The van der Waals surface area contributed by atoms with Gasteiger partial charge in [0.15, 0.2) is 0 Å². The Labute approximate surface area is 93.1 Å². The van der Waals surface area contributed by atoms with Crippen LogP contribution >= 0.6 is 15.2 Å². The molecule has 0 spiro atoms. The first-order valence-corrected chi connectivity index (χ1v) is 7.85. The van der Waals surface area contributed by atoms with Gasteiger partial charge in [0.2, 0.25) is 5.40 Å². The van der Waals surface area contributed by atoms with E-state index in [9.17, 15) is 9.13 Å². The van der Waals surface area contributed by atoms with Crippen LogP contribution in [0.1, 0.15) is 13.8 Å². The van der Waals surface area contributed by atoms with Crippen molar-refractivity contribution in [3.05, 3.63) is 0 Å². The molecule has 0 saturated carbocycles. The first-order chi connectivity index (χ1) is 7.05. The van der Waals surface area contributed by atoms with Crippen LogP contribution in [0.3, 0.4) is 0 Å². The van der Waals surface area contributed by atoms with Crippen molar-refractivity contribution in [1.29, 1.82) is 5.41 Å². The van der Waals surface area contributed by atoms with Crippen LogP contribution in [0, 0.1) is 5.41 Å². The molecule has 0 atom stereocenters. The van der Waals surface area contributed by atoms with E-state index in [4.69, 9.17) is 25.0 Å². The Morgan fingerprint density at radius 2 is 1.44 bits per heavy atom. The summed E-state index contributed by atoms with van der Waals surface area (Å²) >= 11 is 0. The summed E-state index contributed by atoms with van der Waals surface area (Å²) in [5.74, 6) is -0.730. The quantitative estimate of drug-likeness (QED) is 0.269. The average Bonchev–Trinajstić information content (AvgIpc) is 2.00. The van der Waals surface area contributed by atoms with Crippen molar-refractivity contribution in [3.63, 3.8) is 0 Å². The molecule has 5 N–H and O–H groups in total. The first kappa shape index (κ1) is 15.8. The summed E-state index contributed by atoms with van der Waals surface area (Å²) in [6.07, 6.45) is 0. The Morgan fingerprint density at radius 1 is 1.12 bits per heavy atom. The highest BCUT2D eigenvalue weighted by molar-refractivity contribution is 7.72. The summed E-state index contributed by atoms with van der Waals surface area (Å²) in [6.45, 7) is 3.72. The second kappa shape index (κ2) is 5.40. The average molecular weight is 274 g/mol. The van der Waals surface area contributed by atoms with Crippen LogP contribution in [-0.4, -0.2) is 48.8 Å². The van der Waals surface area contributed by atoms with Gasteiger partial charge in [-0.2, -0.15) is 0 Å². The van der Waals surface area contributed by atoms with E-state index in [1.165, 1.54) is 4.90 Å². The molecule has 0 unspecified atom stereocenters. The molecule has 0 aliphatic heterocycles. The highest BCUT2D eigenvalue weighted by atomic mass is 31.2. The number of amidine groups is 1. The number of nitrogens with one attached hydrogen (secondary N) is 1. The van der Waals surface area contributed by atoms with Gasteiger partial charge in [-0.15, -0.1) is 0 Å². The topological polar surface area (TPSA) is 142 Å². The van der Waals surface area contributed by atoms with Crippen LogP contribution < -0.4 is 0 Å². The number of rotatable bonds is 5. The molecule has 0 aromatic heterocycles. The molecule has 0 fully saturated rings. The van der Waals surface area contributed by atoms with E-state index in [1.807, 2.05) is 0 Å². The lowest BCUT2D eigenvalue weighted by atomic mass is 10.5. The van der Waals surface area contributed by atoms with Crippen molar-refractivity contribution in [1.82, 2.24) is 4.90 Å². The molecule has 0 radical (unpaired) electrons. The van der Waals surface area contributed by atoms with Crippen molar-refractivity contribution in [2.75, 3.05) is 13.1 Å². The molecule has 0 rings (SSSR count). The van der Waals surface area contributed by atoms with Crippen molar-refractivity contribution in [3.8, 4) is 0 Å².